The molecule has 25 N–H and O–H groups in total. The van der Waals surface area contributed by atoms with Gasteiger partial charge in [-0.1, -0.05) is 21.3 Å². The third-order valence-corrected chi connectivity index (χ3v) is 11.7. The molecular weight excluding hydrogens is 1340 g/mol. The molecule has 0 aliphatic rings. The van der Waals surface area contributed by atoms with Crippen molar-refractivity contribution in [3.63, 3.8) is 0 Å². The van der Waals surface area contributed by atoms with Crippen molar-refractivity contribution in [2.75, 3.05) is 19.8 Å². The molecule has 3 rings (SSSR count). The van der Waals surface area contributed by atoms with Gasteiger partial charge in [-0.2, -0.15) is 0 Å². The number of aromatic hydroxyl groups is 3. The van der Waals surface area contributed by atoms with Crippen LogP contribution in [0, 0.1) is 13.8 Å². The van der Waals surface area contributed by atoms with Gasteiger partial charge in [0.2, 0.25) is 0 Å². The highest BCUT2D eigenvalue weighted by atomic mass is 16.5. The van der Waals surface area contributed by atoms with Crippen molar-refractivity contribution >= 4 is 84.0 Å². The number of aliphatic hydroxyl groups excluding tert-OH is 12. The average Bonchev–Trinajstić information content (AvgIpc) is 1.02. The lowest BCUT2D eigenvalue weighted by molar-refractivity contribution is -0.167. The Kier molecular flexibility index (Phi) is 49.7. The van der Waals surface area contributed by atoms with Gasteiger partial charge in [-0.25, -0.2) is 43.2 Å². The average molecular weight is 1420 g/mol. The number of rotatable bonds is 28. The van der Waals surface area contributed by atoms with Crippen molar-refractivity contribution in [2.24, 2.45) is 0 Å². The van der Waals surface area contributed by atoms with Gasteiger partial charge in [-0.15, -0.1) is 0 Å². The topological polar surface area (TPSA) is 763 Å². The van der Waals surface area contributed by atoms with Gasteiger partial charge in [-0.05, 0) is 101 Å². The minimum Gasteiger partial charge on any atom is -0.508 e. The summed E-state index contributed by atoms with van der Waals surface area (Å²) >= 11 is 0. The number of hydrogen-bond donors (Lipinski definition) is 25. The molecule has 41 heteroatoms. The maximum absolute atomic E-state index is 10.7. The van der Waals surface area contributed by atoms with Crippen molar-refractivity contribution in [2.45, 2.75) is 141 Å². The van der Waals surface area contributed by atoms with E-state index in [0.717, 1.165) is 57.2 Å². The lowest BCUT2D eigenvalue weighted by atomic mass is 10.0. The Morgan fingerprint density at radius 2 is 0.837 bits per heavy atom. The van der Waals surface area contributed by atoms with Crippen LogP contribution in [-0.4, -0.2) is 304 Å². The quantitative estimate of drug-likeness (QED) is 0.0304. The minimum atomic E-state index is -2.25. The van der Waals surface area contributed by atoms with Gasteiger partial charge in [0.25, 0.3) is 12.9 Å². The van der Waals surface area contributed by atoms with Crippen molar-refractivity contribution in [3.8, 4) is 17.2 Å². The van der Waals surface area contributed by atoms with Crippen molar-refractivity contribution in [3.05, 3.63) is 87.0 Å². The van der Waals surface area contributed by atoms with Gasteiger partial charge in [0.1, 0.15) is 84.9 Å². The van der Waals surface area contributed by atoms with Crippen LogP contribution in [0.3, 0.4) is 0 Å². The lowest BCUT2D eigenvalue weighted by Gasteiger charge is -2.23. The molecule has 0 bridgehead atoms. The number of carboxylic acids is 9. The molecule has 3 aromatic carbocycles. The van der Waals surface area contributed by atoms with Crippen LogP contribution in [0.5, 0.6) is 17.2 Å². The number of hydrogen-bond acceptors (Lipinski definition) is 32. The molecule has 3 aromatic rings. The summed E-state index contributed by atoms with van der Waals surface area (Å²) in [5, 5.41) is 219. The van der Waals surface area contributed by atoms with Crippen LogP contribution >= 0.6 is 0 Å². The molecule has 4 unspecified atom stereocenters. The summed E-state index contributed by atoms with van der Waals surface area (Å²) in [6, 6.07) is 7.20. The van der Waals surface area contributed by atoms with E-state index in [0.29, 0.717) is 12.9 Å². The zero-order valence-electron chi connectivity index (χ0n) is 51.8. The highest BCUT2D eigenvalue weighted by Crippen LogP contribution is 2.24. The third-order valence-electron chi connectivity index (χ3n) is 11.7. The van der Waals surface area contributed by atoms with Crippen molar-refractivity contribution < 1.29 is 204 Å². The van der Waals surface area contributed by atoms with E-state index < -0.39 is 163 Å². The summed E-state index contributed by atoms with van der Waals surface area (Å²) in [6.07, 6.45) is -18.9. The molecule has 0 heterocycles. The molecule has 0 aliphatic heterocycles. The second kappa shape index (κ2) is 49.3. The van der Waals surface area contributed by atoms with Crippen LogP contribution in [0.1, 0.15) is 128 Å². The molecule has 0 aromatic heterocycles. The summed E-state index contributed by atoms with van der Waals surface area (Å²) < 4.78 is 8.40. The molecular formula is C57H80O41. The smallest absolute Gasteiger partial charge is 0.339 e. The van der Waals surface area contributed by atoms with Crippen LogP contribution in [0.25, 0.3) is 0 Å². The van der Waals surface area contributed by atoms with Crippen LogP contribution in [0.2, 0.25) is 0 Å². The third kappa shape index (κ3) is 37.1. The van der Waals surface area contributed by atoms with Gasteiger partial charge in [-0.3, -0.25) is 24.0 Å². The molecule has 98 heavy (non-hydrogen) atoms. The van der Waals surface area contributed by atoms with Crippen LogP contribution in [0.15, 0.2) is 42.5 Å². The Bertz CT molecular complexity index is 3010. The standard InChI is InChI=1S/2C9H8O5.C8H6O5.C7H12O7.C7H14O6.C6H10O5.C5H8O5.C5H10O3.CH4/c1-4-6(8(11)12)2-5(10)3-7(4)9(13)14;1-4-5(8(11)12)2-3-6(10)7(4)9(13)14;9-6-2-4(7(10)11)1-5(3-6)8(12)13;1-2(8)3(9)4(10)5(11)6(12)7(13)14;1-3(9)5(11)7(13)6(12)4(10)2-8;1-2-6(10,5(8)9)3-11-4-7;1-2(6)3(7)4(8)5(9)10;1-2-5(7)3-8-4-6;/h2*2-3,10H,1H3,(H,11,12)(H,13,14);1-3,9H,(H,10,11)(H,12,13);3-6,9-12H,1H3,(H,13,14);4-8,10-13H,2H2,1H3;4,10H,2-3H2,1H3,(H,8,9);3-4,7-8H,1H3,(H,9,10);4-5,7H,2-3H2,1H3;1H4/t;;;3-,4+,5+,6-;4-,5+,6-,7-;;;;/m...01..../s1. The Labute approximate surface area is 552 Å². The van der Waals surface area contributed by atoms with E-state index in [4.69, 9.17) is 123 Å². The van der Waals surface area contributed by atoms with E-state index in [1.807, 2.05) is 6.92 Å². The fraction of sp³-hybridized carbons (Fsp3) is 0.439. The van der Waals surface area contributed by atoms with E-state index in [2.05, 4.69) is 9.47 Å². The summed E-state index contributed by atoms with van der Waals surface area (Å²) in [5.41, 5.74) is -3.18. The zero-order valence-corrected chi connectivity index (χ0v) is 51.8. The van der Waals surface area contributed by atoms with Crippen LogP contribution in [0.4, 0.5) is 0 Å². The SMILES string of the molecule is C.CC(=O)C(O)C(O)C(=O)O.CC(=O)[C@H](O)[C@@H](O)[C@@H](O)[C@H](O)C(=O)O.CC(=O)[C@H](O)[C@@H](O)[C@H](O)[C@H](O)CO.CCC(O)(COC=O)C(=O)O.CCC(O)COC=O.Cc1c(C(=O)O)cc(O)cc1C(=O)O.Cc1c(C(=O)O)ccc(O)c1C(=O)O.O=C(O)c1cc(O)cc(C(=O)O)c1. The van der Waals surface area contributed by atoms with Crippen molar-refractivity contribution in [1.29, 1.82) is 0 Å². The Morgan fingerprint density at radius 1 is 0.469 bits per heavy atom. The first-order valence-corrected chi connectivity index (χ1v) is 26.5. The number of aromatic carboxylic acids is 6. The number of phenols is 3. The van der Waals surface area contributed by atoms with Gasteiger partial charge in [0, 0.05) is 0 Å². The molecule has 0 radical (unpaired) electrons. The normalized spacial score (nSPS) is 13.9. The lowest BCUT2D eigenvalue weighted by Crippen LogP contribution is -2.49. The predicted octanol–water partition coefficient (Wildman–Crippen LogP) is -4.57. The zero-order chi connectivity index (χ0) is 77.4. The largest absolute Gasteiger partial charge is 0.508 e. The number of carbonyl (C=O) groups excluding carboxylic acids is 5. The van der Waals surface area contributed by atoms with Gasteiger partial charge in [0.15, 0.2) is 35.2 Å². The number of ketones is 3. The fourth-order valence-electron chi connectivity index (χ4n) is 5.84. The van der Waals surface area contributed by atoms with E-state index in [-0.39, 0.29) is 82.9 Å². The number of benzene rings is 3. The van der Waals surface area contributed by atoms with Gasteiger partial charge < -0.3 is 137 Å². The molecule has 0 amide bonds. The molecule has 12 atom stereocenters. The van der Waals surface area contributed by atoms with Crippen LogP contribution in [-0.2, 0) is 47.8 Å². The first-order chi connectivity index (χ1) is 44.4. The summed E-state index contributed by atoms with van der Waals surface area (Å²) in [7, 11) is 0. The molecule has 0 spiro atoms. The molecule has 0 aliphatic carbocycles. The highest BCUT2D eigenvalue weighted by Gasteiger charge is 2.37. The molecule has 41 nitrogen and oxygen atoms in total. The monoisotopic (exact) mass is 1420 g/mol. The number of carbonyl (C=O) groups is 14. The maximum atomic E-state index is 10.7. The predicted molar refractivity (Wildman–Crippen MR) is 320 cm³/mol. The summed E-state index contributed by atoms with van der Waals surface area (Å²) in [5.74, 6) is -15.9. The fourth-order valence-corrected chi connectivity index (χ4v) is 5.84. The number of carboxylic acid groups (broad SMARTS) is 9. The van der Waals surface area contributed by atoms with Crippen molar-refractivity contribution in [1.82, 2.24) is 0 Å². The maximum Gasteiger partial charge on any atom is 0.339 e. The molecule has 0 fully saturated rings. The molecule has 0 saturated heterocycles. The number of aliphatic hydroxyl groups is 13. The Morgan fingerprint density at radius 3 is 1.12 bits per heavy atom. The van der Waals surface area contributed by atoms with E-state index in [9.17, 15) is 72.2 Å². The summed E-state index contributed by atoms with van der Waals surface area (Å²) in [6.45, 7) is 8.28. The number of Topliss-reactive ketones (excluding diaryl/α,β-unsaturated/α-hetero) is 3. The van der Waals surface area contributed by atoms with E-state index in [1.54, 1.807) is 0 Å². The first-order valence-electron chi connectivity index (χ1n) is 26.5. The Hall–Kier alpha value is -10.3. The second-order valence-electron chi connectivity index (χ2n) is 18.9. The van der Waals surface area contributed by atoms with Crippen LogP contribution < -0.4 is 0 Å². The Balaban J connectivity index is -0.000000248. The summed E-state index contributed by atoms with van der Waals surface area (Å²) in [4.78, 5) is 144. The highest BCUT2D eigenvalue weighted by molar-refractivity contribution is 5.99. The van der Waals surface area contributed by atoms with Gasteiger partial charge >= 0.3 is 53.7 Å². The number of ether oxygens (including phenoxy) is 2. The number of phenolic OH excluding ortho intramolecular Hbond substituents is 2. The number of aliphatic carboxylic acids is 3. The molecule has 554 valence electrons. The second-order valence-corrected chi connectivity index (χ2v) is 18.9. The van der Waals surface area contributed by atoms with Gasteiger partial charge in [0.05, 0.1) is 40.5 Å². The first kappa shape index (κ1) is 98.8. The van der Waals surface area contributed by atoms with E-state index in [1.165, 1.54) is 26.8 Å². The van der Waals surface area contributed by atoms with E-state index >= 15 is 0 Å². The molecule has 0 saturated carbocycles. The minimum absolute atomic E-state index is 0.